The minimum absolute atomic E-state index is 0.177. The van der Waals surface area contributed by atoms with Gasteiger partial charge in [0.1, 0.15) is 22.8 Å². The molecule has 0 bridgehead atoms. The van der Waals surface area contributed by atoms with Crippen LogP contribution in [0, 0.1) is 0 Å². The molecule has 4 aromatic rings. The molecule has 5 rings (SSSR count). The van der Waals surface area contributed by atoms with Gasteiger partial charge in [-0.15, -0.1) is 0 Å². The van der Waals surface area contributed by atoms with Gasteiger partial charge in [-0.1, -0.05) is 99.1 Å². The molecule has 2 heterocycles. The van der Waals surface area contributed by atoms with Gasteiger partial charge in [0, 0.05) is 42.3 Å². The number of nitrogens with one attached hydrogen (secondary N) is 2. The van der Waals surface area contributed by atoms with Crippen molar-refractivity contribution < 1.29 is 38.2 Å². The number of carbonyl (C=O) groups is 3. The second-order valence-electron chi connectivity index (χ2n) is 17.1. The monoisotopic (exact) mass is 834 g/mol. The van der Waals surface area contributed by atoms with Crippen molar-refractivity contribution in [3.05, 3.63) is 90.0 Å². The molecule has 3 aromatic carbocycles. The second-order valence-corrected chi connectivity index (χ2v) is 17.1. The van der Waals surface area contributed by atoms with Crippen LogP contribution >= 0.6 is 0 Å². The summed E-state index contributed by atoms with van der Waals surface area (Å²) in [5, 5.41) is 7.07. The zero-order chi connectivity index (χ0) is 43.8. The Kier molecular flexibility index (Phi) is 16.9. The number of hydrogen-bond acceptors (Lipinski definition) is 10. The van der Waals surface area contributed by atoms with Crippen molar-refractivity contribution in [2.75, 3.05) is 26.4 Å². The van der Waals surface area contributed by atoms with E-state index in [1.165, 1.54) is 44.6 Å². The van der Waals surface area contributed by atoms with Crippen molar-refractivity contribution in [1.82, 2.24) is 15.3 Å². The van der Waals surface area contributed by atoms with E-state index >= 15 is 0 Å². The van der Waals surface area contributed by atoms with Gasteiger partial charge >= 0.3 is 11.9 Å². The van der Waals surface area contributed by atoms with Crippen LogP contribution in [0.3, 0.4) is 0 Å². The lowest BCUT2D eigenvalue weighted by atomic mass is 10.0. The van der Waals surface area contributed by atoms with Gasteiger partial charge < -0.3 is 34.1 Å². The zero-order valence-corrected chi connectivity index (χ0v) is 36.8. The second kappa shape index (κ2) is 22.2. The molecule has 1 amide bonds. The number of oxime groups is 1. The fraction of sp³-hybridized carbons (Fsp3) is 0.449. The van der Waals surface area contributed by atoms with Crippen LogP contribution in [0.25, 0.3) is 40.0 Å². The lowest BCUT2D eigenvalue weighted by molar-refractivity contribution is -0.167. The van der Waals surface area contributed by atoms with Gasteiger partial charge in [0.25, 0.3) is 0 Å². The molecule has 61 heavy (non-hydrogen) atoms. The summed E-state index contributed by atoms with van der Waals surface area (Å²) in [6.45, 7) is 14.6. The van der Waals surface area contributed by atoms with Crippen molar-refractivity contribution >= 4 is 29.6 Å². The third kappa shape index (κ3) is 15.3. The molecular weight excluding hydrogens is 773 g/mol. The highest BCUT2D eigenvalue weighted by atomic mass is 16.7. The molecule has 1 aliphatic rings. The SMILES string of the molecule is CCCCCCCCCOCCNC(=O)/C=C/c1ccc(-c2[nH]c(-c3ccc(C4=NOC(C(=O)OC(C)(C)C)C4)cc3)nc2-c2ccc(OCC(=O)OC(C)(C)C)cc2)cc1. The van der Waals surface area contributed by atoms with Gasteiger partial charge in [-0.3, -0.25) is 4.79 Å². The number of benzene rings is 3. The van der Waals surface area contributed by atoms with E-state index in [9.17, 15) is 14.4 Å². The van der Waals surface area contributed by atoms with Crippen LogP contribution in [0.15, 0.2) is 84.0 Å². The number of aromatic nitrogens is 2. The number of unbranched alkanes of at least 4 members (excludes halogenated alkanes) is 6. The first kappa shape index (κ1) is 46.3. The maximum Gasteiger partial charge on any atom is 0.351 e. The standard InChI is InChI=1S/C49H62N4O8/c1-8-9-10-11-12-13-14-30-57-31-29-50-42(54)28-17-34-15-18-36(19-16-34)44-45(37-24-26-39(27-25-37)58-33-43(55)59-48(2,3)4)52-46(51-44)38-22-20-35(21-23-38)40-32-41(61-53-40)47(56)60-49(5,6)7/h15-28,41H,8-14,29-33H2,1-7H3,(H,50,54)(H,51,52)/b28-17+. The van der Waals surface area contributed by atoms with E-state index < -0.39 is 29.2 Å². The van der Waals surface area contributed by atoms with Crippen molar-refractivity contribution in [2.45, 2.75) is 117 Å². The number of amides is 1. The Labute approximate surface area is 360 Å². The van der Waals surface area contributed by atoms with Gasteiger partial charge in [0.2, 0.25) is 12.0 Å². The van der Waals surface area contributed by atoms with E-state index in [2.05, 4.69) is 22.4 Å². The minimum Gasteiger partial charge on any atom is -0.482 e. The molecule has 326 valence electrons. The van der Waals surface area contributed by atoms with E-state index in [0.717, 1.165) is 46.5 Å². The number of H-pyrrole nitrogens is 1. The van der Waals surface area contributed by atoms with Crippen molar-refractivity contribution in [2.24, 2.45) is 5.16 Å². The highest BCUT2D eigenvalue weighted by molar-refractivity contribution is 6.03. The summed E-state index contributed by atoms with van der Waals surface area (Å²) in [5.74, 6) is 0.0941. The van der Waals surface area contributed by atoms with Gasteiger partial charge in [-0.25, -0.2) is 14.6 Å². The van der Waals surface area contributed by atoms with E-state index in [4.69, 9.17) is 28.8 Å². The number of rotatable bonds is 21. The maximum atomic E-state index is 12.6. The van der Waals surface area contributed by atoms with Crippen LogP contribution in [0.4, 0.5) is 0 Å². The van der Waals surface area contributed by atoms with Crippen LogP contribution in [0.5, 0.6) is 5.75 Å². The Balaban J connectivity index is 1.25. The fourth-order valence-corrected chi connectivity index (χ4v) is 6.51. The molecule has 0 saturated carbocycles. The molecule has 1 aromatic heterocycles. The molecule has 0 saturated heterocycles. The van der Waals surface area contributed by atoms with E-state index in [1.54, 1.807) is 18.2 Å². The van der Waals surface area contributed by atoms with Gasteiger partial charge in [-0.2, -0.15) is 0 Å². The first-order chi connectivity index (χ1) is 29.2. The largest absolute Gasteiger partial charge is 0.482 e. The van der Waals surface area contributed by atoms with Crippen LogP contribution in [0.1, 0.15) is 111 Å². The van der Waals surface area contributed by atoms with E-state index in [-0.39, 0.29) is 12.5 Å². The average Bonchev–Trinajstić information content (AvgIpc) is 3.90. The summed E-state index contributed by atoms with van der Waals surface area (Å²) in [6.07, 6.45) is 11.5. The Morgan fingerprint density at radius 1 is 0.770 bits per heavy atom. The molecule has 2 N–H and O–H groups in total. The molecule has 0 fully saturated rings. The van der Waals surface area contributed by atoms with Gasteiger partial charge in [0.05, 0.1) is 23.7 Å². The highest BCUT2D eigenvalue weighted by Crippen LogP contribution is 2.34. The predicted octanol–water partition coefficient (Wildman–Crippen LogP) is 9.86. The van der Waals surface area contributed by atoms with Gasteiger partial charge in [0.15, 0.2) is 6.61 Å². The molecule has 1 unspecified atom stereocenters. The number of ether oxygens (including phenoxy) is 4. The smallest absolute Gasteiger partial charge is 0.351 e. The van der Waals surface area contributed by atoms with E-state index in [0.29, 0.717) is 42.6 Å². The number of imidazole rings is 1. The van der Waals surface area contributed by atoms with Crippen LogP contribution in [0.2, 0.25) is 0 Å². The maximum absolute atomic E-state index is 12.6. The summed E-state index contributed by atoms with van der Waals surface area (Å²) in [6, 6.07) is 23.0. The topological polar surface area (TPSA) is 150 Å². The third-order valence-corrected chi connectivity index (χ3v) is 9.50. The van der Waals surface area contributed by atoms with Crippen molar-refractivity contribution in [3.63, 3.8) is 0 Å². The van der Waals surface area contributed by atoms with Crippen molar-refractivity contribution in [1.29, 1.82) is 0 Å². The lowest BCUT2D eigenvalue weighted by Crippen LogP contribution is -2.32. The summed E-state index contributed by atoms with van der Waals surface area (Å²) in [4.78, 5) is 51.3. The van der Waals surface area contributed by atoms with Crippen LogP contribution < -0.4 is 10.1 Å². The lowest BCUT2D eigenvalue weighted by Gasteiger charge is -2.20. The average molecular weight is 835 g/mol. The quantitative estimate of drug-likeness (QED) is 0.0475. The van der Waals surface area contributed by atoms with Crippen LogP contribution in [-0.2, 0) is 33.4 Å². The van der Waals surface area contributed by atoms with Crippen molar-refractivity contribution in [3.8, 4) is 39.7 Å². The first-order valence-electron chi connectivity index (χ1n) is 21.4. The third-order valence-electron chi connectivity index (χ3n) is 9.50. The number of aromatic amines is 1. The number of esters is 2. The first-order valence-corrected chi connectivity index (χ1v) is 21.4. The molecule has 12 nitrogen and oxygen atoms in total. The Bertz CT molecular complexity index is 2090. The normalized spacial score (nSPS) is 14.1. The predicted molar refractivity (Wildman–Crippen MR) is 239 cm³/mol. The summed E-state index contributed by atoms with van der Waals surface area (Å²) in [7, 11) is 0. The molecule has 0 radical (unpaired) electrons. The molecule has 1 atom stereocenters. The molecule has 0 spiro atoms. The highest BCUT2D eigenvalue weighted by Gasteiger charge is 2.33. The molecule has 0 aliphatic carbocycles. The number of hydrogen-bond donors (Lipinski definition) is 2. The summed E-state index contributed by atoms with van der Waals surface area (Å²) >= 11 is 0. The summed E-state index contributed by atoms with van der Waals surface area (Å²) in [5.41, 5.74) is 5.19. The van der Waals surface area contributed by atoms with Gasteiger partial charge in [-0.05, 0) is 89.4 Å². The zero-order valence-electron chi connectivity index (χ0n) is 36.8. The number of nitrogens with zero attached hydrogens (tertiary/aromatic N) is 2. The summed E-state index contributed by atoms with van der Waals surface area (Å²) < 4.78 is 22.3. The Hall–Kier alpha value is -5.75. The van der Waals surface area contributed by atoms with E-state index in [1.807, 2.05) is 102 Å². The molecule has 12 heteroatoms. The molecule has 1 aliphatic heterocycles. The minimum atomic E-state index is -0.786. The molecular formula is C49H62N4O8. The Morgan fingerprint density at radius 2 is 1.39 bits per heavy atom. The fourth-order valence-electron chi connectivity index (χ4n) is 6.51. The van der Waals surface area contributed by atoms with Crippen LogP contribution in [-0.4, -0.2) is 77.2 Å². The number of carbonyl (C=O) groups excluding carboxylic acids is 3. The Morgan fingerprint density at radius 3 is 2.07 bits per heavy atom.